The smallest absolute Gasteiger partial charge is 0.119 e. The molecule has 29 heavy (non-hydrogen) atoms. The van der Waals surface area contributed by atoms with Crippen LogP contribution in [0.5, 0.6) is 5.75 Å². The molecule has 0 amide bonds. The zero-order valence-electron chi connectivity index (χ0n) is 19.4. The van der Waals surface area contributed by atoms with Gasteiger partial charge in [-0.3, -0.25) is 0 Å². The molecular weight excluding hydrogens is 360 g/mol. The minimum Gasteiger partial charge on any atom is -0.491 e. The summed E-state index contributed by atoms with van der Waals surface area (Å²) in [4.78, 5) is 0. The zero-order chi connectivity index (χ0) is 21.9. The van der Waals surface area contributed by atoms with E-state index in [1.54, 1.807) is 0 Å². The monoisotopic (exact) mass is 398 g/mol. The van der Waals surface area contributed by atoms with Gasteiger partial charge in [-0.1, -0.05) is 71.0 Å². The first-order chi connectivity index (χ1) is 13.3. The van der Waals surface area contributed by atoms with Crippen molar-refractivity contribution < 1.29 is 14.6 Å². The Bertz CT molecular complexity index is 760. The summed E-state index contributed by atoms with van der Waals surface area (Å²) in [7, 11) is 0. The normalized spacial score (nSPS) is 14.0. The van der Waals surface area contributed by atoms with Crippen LogP contribution in [0.25, 0.3) is 0 Å². The first-order valence-electron chi connectivity index (χ1n) is 10.5. The lowest BCUT2D eigenvalue weighted by Gasteiger charge is -2.28. The standard InChI is InChI=1S/C26H38O3/c1-24(2,3)19-9-11-20(12-10-19)26(7,8)21-13-15-23(16-14-21)28-17-22(27)18-29-25(4,5)6/h9-16,22,27H,17-18H2,1-8H3. The maximum Gasteiger partial charge on any atom is 0.119 e. The van der Waals surface area contributed by atoms with E-state index in [9.17, 15) is 5.11 Å². The molecule has 1 unspecified atom stereocenters. The highest BCUT2D eigenvalue weighted by Crippen LogP contribution is 2.34. The average Bonchev–Trinajstić information content (AvgIpc) is 2.64. The van der Waals surface area contributed by atoms with E-state index in [0.29, 0.717) is 0 Å². The zero-order valence-corrected chi connectivity index (χ0v) is 19.4. The Labute approximate surface area is 177 Å². The van der Waals surface area contributed by atoms with Crippen molar-refractivity contribution in [2.75, 3.05) is 13.2 Å². The molecule has 160 valence electrons. The van der Waals surface area contributed by atoms with E-state index in [4.69, 9.17) is 9.47 Å². The molecular formula is C26H38O3. The predicted molar refractivity (Wildman–Crippen MR) is 121 cm³/mol. The van der Waals surface area contributed by atoms with Crippen LogP contribution in [0.3, 0.4) is 0 Å². The van der Waals surface area contributed by atoms with Crippen molar-refractivity contribution >= 4 is 0 Å². The molecule has 2 aromatic rings. The fourth-order valence-corrected chi connectivity index (χ4v) is 3.11. The van der Waals surface area contributed by atoms with Gasteiger partial charge in [0.25, 0.3) is 0 Å². The quantitative estimate of drug-likeness (QED) is 0.634. The first-order valence-corrected chi connectivity index (χ1v) is 10.5. The molecule has 0 spiro atoms. The summed E-state index contributed by atoms with van der Waals surface area (Å²) in [6.07, 6.45) is -0.647. The van der Waals surface area contributed by atoms with Crippen molar-refractivity contribution in [1.29, 1.82) is 0 Å². The number of aliphatic hydroxyl groups is 1. The van der Waals surface area contributed by atoms with Gasteiger partial charge in [0.2, 0.25) is 0 Å². The molecule has 0 bridgehead atoms. The van der Waals surface area contributed by atoms with E-state index in [1.165, 1.54) is 16.7 Å². The molecule has 1 atom stereocenters. The maximum atomic E-state index is 10.0. The molecule has 3 nitrogen and oxygen atoms in total. The Morgan fingerprint density at radius 1 is 0.690 bits per heavy atom. The van der Waals surface area contributed by atoms with Crippen LogP contribution in [-0.2, 0) is 15.6 Å². The molecule has 0 heterocycles. The van der Waals surface area contributed by atoms with Gasteiger partial charge in [0.05, 0.1) is 12.2 Å². The van der Waals surface area contributed by atoms with Crippen molar-refractivity contribution in [2.45, 2.75) is 77.9 Å². The van der Waals surface area contributed by atoms with E-state index >= 15 is 0 Å². The predicted octanol–water partition coefficient (Wildman–Crippen LogP) is 5.86. The molecule has 0 aliphatic heterocycles. The minimum absolute atomic E-state index is 0.102. The van der Waals surface area contributed by atoms with Crippen molar-refractivity contribution in [1.82, 2.24) is 0 Å². The lowest BCUT2D eigenvalue weighted by molar-refractivity contribution is -0.0586. The van der Waals surface area contributed by atoms with Crippen molar-refractivity contribution in [2.24, 2.45) is 0 Å². The molecule has 2 rings (SSSR count). The summed E-state index contributed by atoms with van der Waals surface area (Å²) in [5.41, 5.74) is 3.65. The average molecular weight is 399 g/mol. The Balaban J connectivity index is 2.01. The van der Waals surface area contributed by atoms with E-state index < -0.39 is 6.10 Å². The number of rotatable bonds is 7. The number of aliphatic hydroxyl groups excluding tert-OH is 1. The molecule has 0 radical (unpaired) electrons. The molecule has 0 aliphatic carbocycles. The van der Waals surface area contributed by atoms with Gasteiger partial charge in [-0.05, 0) is 55.0 Å². The Kier molecular flexibility index (Phi) is 7.19. The lowest BCUT2D eigenvalue weighted by Crippen LogP contribution is -2.29. The highest BCUT2D eigenvalue weighted by molar-refractivity contribution is 5.41. The third-order valence-corrected chi connectivity index (χ3v) is 5.20. The number of ether oxygens (including phenoxy) is 2. The third-order valence-electron chi connectivity index (χ3n) is 5.20. The lowest BCUT2D eigenvalue weighted by atomic mass is 9.77. The molecule has 0 saturated heterocycles. The van der Waals surface area contributed by atoms with Crippen LogP contribution in [0.1, 0.15) is 72.1 Å². The van der Waals surface area contributed by atoms with E-state index in [2.05, 4.69) is 71.0 Å². The highest BCUT2D eigenvalue weighted by atomic mass is 16.5. The van der Waals surface area contributed by atoms with Crippen molar-refractivity contribution in [3.63, 3.8) is 0 Å². The van der Waals surface area contributed by atoms with Crippen LogP contribution < -0.4 is 4.74 Å². The second-order valence-corrected chi connectivity index (χ2v) is 10.4. The summed E-state index contributed by atoms with van der Waals surface area (Å²) in [5.74, 6) is 0.752. The van der Waals surface area contributed by atoms with E-state index in [1.807, 2.05) is 32.9 Å². The summed E-state index contributed by atoms with van der Waals surface area (Å²) >= 11 is 0. The summed E-state index contributed by atoms with van der Waals surface area (Å²) in [5, 5.41) is 10.0. The molecule has 2 aromatic carbocycles. The largest absolute Gasteiger partial charge is 0.491 e. The Hall–Kier alpha value is -1.84. The van der Waals surface area contributed by atoms with Crippen molar-refractivity contribution in [3.8, 4) is 5.75 Å². The van der Waals surface area contributed by atoms with Crippen molar-refractivity contribution in [3.05, 3.63) is 65.2 Å². The van der Waals surface area contributed by atoms with Gasteiger partial charge < -0.3 is 14.6 Å². The summed E-state index contributed by atoms with van der Waals surface area (Å²) in [6, 6.07) is 17.1. The molecule has 0 saturated carbocycles. The SMILES string of the molecule is CC(C)(C)OCC(O)COc1ccc(C(C)(C)c2ccc(C(C)(C)C)cc2)cc1. The fraction of sp³-hybridized carbons (Fsp3) is 0.538. The van der Waals surface area contributed by atoms with E-state index in [-0.39, 0.29) is 29.6 Å². The molecule has 0 aliphatic rings. The second kappa shape index (κ2) is 8.89. The molecule has 0 fully saturated rings. The molecule has 3 heteroatoms. The number of hydrogen-bond acceptors (Lipinski definition) is 3. The highest BCUT2D eigenvalue weighted by Gasteiger charge is 2.24. The van der Waals surface area contributed by atoms with Gasteiger partial charge in [0.1, 0.15) is 18.5 Å². The van der Waals surface area contributed by atoms with Crippen LogP contribution in [0.15, 0.2) is 48.5 Å². The van der Waals surface area contributed by atoms with Crippen LogP contribution >= 0.6 is 0 Å². The van der Waals surface area contributed by atoms with Crippen LogP contribution in [0.4, 0.5) is 0 Å². The Morgan fingerprint density at radius 3 is 1.59 bits per heavy atom. The van der Waals surface area contributed by atoms with Crippen LogP contribution in [0, 0.1) is 0 Å². The molecule has 0 aromatic heterocycles. The van der Waals surface area contributed by atoms with Gasteiger partial charge in [-0.15, -0.1) is 0 Å². The van der Waals surface area contributed by atoms with Crippen LogP contribution in [0.2, 0.25) is 0 Å². The fourth-order valence-electron chi connectivity index (χ4n) is 3.11. The van der Waals surface area contributed by atoms with Crippen LogP contribution in [-0.4, -0.2) is 30.0 Å². The molecule has 1 N–H and O–H groups in total. The summed E-state index contributed by atoms with van der Waals surface area (Å²) in [6.45, 7) is 17.6. The number of hydrogen-bond donors (Lipinski definition) is 1. The summed E-state index contributed by atoms with van der Waals surface area (Å²) < 4.78 is 11.3. The van der Waals surface area contributed by atoms with E-state index in [0.717, 1.165) is 5.75 Å². The maximum absolute atomic E-state index is 10.0. The number of benzene rings is 2. The third kappa shape index (κ3) is 6.87. The minimum atomic E-state index is -0.647. The van der Waals surface area contributed by atoms with Gasteiger partial charge in [0, 0.05) is 5.41 Å². The van der Waals surface area contributed by atoms with Gasteiger partial charge in [-0.25, -0.2) is 0 Å². The second-order valence-electron chi connectivity index (χ2n) is 10.4. The first kappa shape index (κ1) is 23.4. The van der Waals surface area contributed by atoms with Gasteiger partial charge in [0.15, 0.2) is 0 Å². The topological polar surface area (TPSA) is 38.7 Å². The Morgan fingerprint density at radius 2 is 1.14 bits per heavy atom. The van der Waals surface area contributed by atoms with Gasteiger partial charge in [-0.2, -0.15) is 0 Å². The van der Waals surface area contributed by atoms with Gasteiger partial charge >= 0.3 is 0 Å².